The van der Waals surface area contributed by atoms with Crippen LogP contribution in [0.3, 0.4) is 0 Å². The van der Waals surface area contributed by atoms with E-state index < -0.39 is 5.41 Å². The first kappa shape index (κ1) is 29.5. The number of carbonyl (C=O) groups is 2. The molecule has 226 valence electrons. The second-order valence-corrected chi connectivity index (χ2v) is 12.6. The van der Waals surface area contributed by atoms with Gasteiger partial charge in [-0.2, -0.15) is 0 Å². The number of anilines is 2. The zero-order valence-corrected chi connectivity index (χ0v) is 25.8. The fourth-order valence-corrected chi connectivity index (χ4v) is 6.42. The summed E-state index contributed by atoms with van der Waals surface area (Å²) in [6.07, 6.45) is 2.99. The van der Waals surface area contributed by atoms with Crippen LogP contribution in [0.4, 0.5) is 16.2 Å². The summed E-state index contributed by atoms with van der Waals surface area (Å²) in [6, 6.07) is 36.4. The Kier molecular flexibility index (Phi) is 8.17. The highest BCUT2D eigenvalue weighted by Gasteiger charge is 2.62. The molecule has 6 nitrogen and oxygen atoms in total. The predicted octanol–water partition coefficient (Wildman–Crippen LogP) is 8.25. The molecule has 4 aromatic carbocycles. The number of ether oxygens (including phenoxy) is 1. The molecule has 1 spiro atoms. The molecule has 0 saturated carbocycles. The maximum atomic E-state index is 14.1. The van der Waals surface area contributed by atoms with Crippen molar-refractivity contribution in [3.05, 3.63) is 126 Å². The monoisotopic (exact) mass is 587 g/mol. The number of hydrogen-bond acceptors (Lipinski definition) is 3. The first-order valence-corrected chi connectivity index (χ1v) is 15.6. The third-order valence-corrected chi connectivity index (χ3v) is 9.30. The fraction of sp³-hybridized carbons (Fsp3) is 0.316. The minimum atomic E-state index is -0.552. The zero-order valence-electron chi connectivity index (χ0n) is 25.8. The van der Waals surface area contributed by atoms with Crippen LogP contribution in [0.25, 0.3) is 0 Å². The van der Waals surface area contributed by atoms with Crippen LogP contribution < -0.4 is 15.0 Å². The summed E-state index contributed by atoms with van der Waals surface area (Å²) in [5.41, 5.74) is 4.45. The molecule has 6 heteroatoms. The van der Waals surface area contributed by atoms with E-state index in [1.807, 2.05) is 70.5 Å². The molecule has 2 aliphatic heterocycles. The van der Waals surface area contributed by atoms with E-state index in [1.165, 1.54) is 11.1 Å². The molecule has 0 aromatic heterocycles. The van der Waals surface area contributed by atoms with E-state index in [1.54, 1.807) is 0 Å². The van der Waals surface area contributed by atoms with Gasteiger partial charge in [0.15, 0.2) is 0 Å². The van der Waals surface area contributed by atoms with Gasteiger partial charge in [-0.05, 0) is 92.6 Å². The summed E-state index contributed by atoms with van der Waals surface area (Å²) in [6.45, 7) is 7.32. The van der Waals surface area contributed by atoms with Crippen LogP contribution in [0.5, 0.6) is 5.75 Å². The van der Waals surface area contributed by atoms with Crippen molar-refractivity contribution in [1.29, 1.82) is 0 Å². The highest BCUT2D eigenvalue weighted by Crippen LogP contribution is 2.57. The molecule has 44 heavy (non-hydrogen) atoms. The number of urea groups is 1. The number of rotatable bonds is 8. The van der Waals surface area contributed by atoms with Crippen molar-refractivity contribution >= 4 is 23.3 Å². The van der Waals surface area contributed by atoms with Gasteiger partial charge in [-0.1, -0.05) is 79.7 Å². The van der Waals surface area contributed by atoms with E-state index in [4.69, 9.17) is 4.74 Å². The SMILES string of the molecule is CCC(C)(C)Oc1ccc(N2C(=O)C3(CCN(C(=O)Nc4ccccc4)CC3)[C@H]2c2ccc(Cc3ccccc3)cc2)cc1. The molecular formula is C38H41N3O3. The van der Waals surface area contributed by atoms with E-state index in [9.17, 15) is 9.59 Å². The normalized spacial score (nSPS) is 17.7. The molecule has 2 aliphatic rings. The Labute approximate surface area is 260 Å². The molecule has 1 atom stereocenters. The van der Waals surface area contributed by atoms with Crippen LogP contribution in [0, 0.1) is 5.41 Å². The number of piperidine rings is 1. The van der Waals surface area contributed by atoms with Crippen molar-refractivity contribution in [3.8, 4) is 5.75 Å². The number of nitrogens with zero attached hydrogens (tertiary/aromatic N) is 2. The Bertz CT molecular complexity index is 1580. The third kappa shape index (κ3) is 5.94. The maximum Gasteiger partial charge on any atom is 0.321 e. The molecule has 2 heterocycles. The maximum absolute atomic E-state index is 14.1. The summed E-state index contributed by atoms with van der Waals surface area (Å²) in [5, 5.41) is 3.00. The van der Waals surface area contributed by atoms with E-state index >= 15 is 0 Å². The first-order valence-electron chi connectivity index (χ1n) is 15.6. The van der Waals surface area contributed by atoms with Gasteiger partial charge in [0.05, 0.1) is 11.5 Å². The lowest BCUT2D eigenvalue weighted by molar-refractivity contribution is -0.144. The van der Waals surface area contributed by atoms with Gasteiger partial charge in [0.1, 0.15) is 11.4 Å². The Morgan fingerprint density at radius 3 is 2.05 bits per heavy atom. The molecule has 6 rings (SSSR count). The number of β-lactam (4-membered cyclic amide) rings is 1. The standard InChI is InChI=1S/C38H41N3O3/c1-4-37(2,3)44-33-21-19-32(20-22-33)41-34(30-17-15-29(16-18-30)27-28-11-7-5-8-12-28)38(35(41)42)23-25-40(26-24-38)36(43)39-31-13-9-6-10-14-31/h5-22,34H,4,23-27H2,1-3H3,(H,39,43)/t34-/m1/s1. The van der Waals surface area contributed by atoms with Gasteiger partial charge in [-0.25, -0.2) is 4.79 Å². The summed E-state index contributed by atoms with van der Waals surface area (Å²) < 4.78 is 6.18. The van der Waals surface area contributed by atoms with Crippen molar-refractivity contribution < 1.29 is 14.3 Å². The van der Waals surface area contributed by atoms with Crippen molar-refractivity contribution in [3.63, 3.8) is 0 Å². The predicted molar refractivity (Wildman–Crippen MR) is 176 cm³/mol. The van der Waals surface area contributed by atoms with Crippen molar-refractivity contribution in [2.24, 2.45) is 5.41 Å². The van der Waals surface area contributed by atoms with E-state index in [2.05, 4.69) is 74.6 Å². The van der Waals surface area contributed by atoms with E-state index in [0.29, 0.717) is 25.9 Å². The molecule has 3 amide bonds. The van der Waals surface area contributed by atoms with Crippen molar-refractivity contribution in [2.45, 2.75) is 58.1 Å². The Hall–Kier alpha value is -4.58. The Morgan fingerprint density at radius 1 is 0.841 bits per heavy atom. The van der Waals surface area contributed by atoms with Gasteiger partial charge in [0.2, 0.25) is 5.91 Å². The zero-order chi connectivity index (χ0) is 30.7. The number of para-hydroxylation sites is 1. The largest absolute Gasteiger partial charge is 0.488 e. The van der Waals surface area contributed by atoms with Crippen LogP contribution in [0.15, 0.2) is 109 Å². The lowest BCUT2D eigenvalue weighted by atomic mass is 9.62. The molecule has 0 aliphatic carbocycles. The smallest absolute Gasteiger partial charge is 0.321 e. The molecule has 4 aromatic rings. The minimum Gasteiger partial charge on any atom is -0.488 e. The molecule has 0 unspecified atom stereocenters. The van der Waals surface area contributed by atoms with E-state index in [-0.39, 0.29) is 23.6 Å². The van der Waals surface area contributed by atoms with Crippen LogP contribution in [-0.4, -0.2) is 35.5 Å². The summed E-state index contributed by atoms with van der Waals surface area (Å²) >= 11 is 0. The van der Waals surface area contributed by atoms with Gasteiger partial charge in [0.25, 0.3) is 0 Å². The molecule has 1 N–H and O–H groups in total. The topological polar surface area (TPSA) is 61.9 Å². The number of hydrogen-bond donors (Lipinski definition) is 1. The van der Waals surface area contributed by atoms with Crippen LogP contribution in [0.2, 0.25) is 0 Å². The van der Waals surface area contributed by atoms with Crippen molar-refractivity contribution in [2.75, 3.05) is 23.3 Å². The third-order valence-electron chi connectivity index (χ3n) is 9.30. The average molecular weight is 588 g/mol. The number of carbonyl (C=O) groups excluding carboxylic acids is 2. The second-order valence-electron chi connectivity index (χ2n) is 12.6. The second kappa shape index (κ2) is 12.2. The minimum absolute atomic E-state index is 0.112. The van der Waals surface area contributed by atoms with E-state index in [0.717, 1.165) is 35.5 Å². The summed E-state index contributed by atoms with van der Waals surface area (Å²) in [7, 11) is 0. The molecule has 0 bridgehead atoms. The summed E-state index contributed by atoms with van der Waals surface area (Å²) in [5.74, 6) is 0.921. The van der Waals surface area contributed by atoms with Gasteiger partial charge in [-0.15, -0.1) is 0 Å². The first-order chi connectivity index (χ1) is 21.3. The fourth-order valence-electron chi connectivity index (χ4n) is 6.42. The highest BCUT2D eigenvalue weighted by atomic mass is 16.5. The van der Waals surface area contributed by atoms with Crippen molar-refractivity contribution in [1.82, 2.24) is 4.90 Å². The van der Waals surface area contributed by atoms with Gasteiger partial charge in [0, 0.05) is 24.5 Å². The Balaban J connectivity index is 1.24. The van der Waals surface area contributed by atoms with Gasteiger partial charge in [-0.3, -0.25) is 4.79 Å². The highest BCUT2D eigenvalue weighted by molar-refractivity contribution is 6.06. The lowest BCUT2D eigenvalue weighted by Crippen LogP contribution is -2.67. The van der Waals surface area contributed by atoms with Gasteiger partial charge >= 0.3 is 6.03 Å². The Morgan fingerprint density at radius 2 is 1.43 bits per heavy atom. The molecular weight excluding hydrogens is 546 g/mol. The number of nitrogens with one attached hydrogen (secondary N) is 1. The van der Waals surface area contributed by atoms with Crippen LogP contribution in [0.1, 0.15) is 62.8 Å². The van der Waals surface area contributed by atoms with Crippen LogP contribution >= 0.6 is 0 Å². The van der Waals surface area contributed by atoms with Gasteiger partial charge < -0.3 is 19.9 Å². The number of benzene rings is 4. The molecule has 2 saturated heterocycles. The molecule has 0 radical (unpaired) electrons. The summed E-state index contributed by atoms with van der Waals surface area (Å²) in [4.78, 5) is 31.0. The average Bonchev–Trinajstić information content (AvgIpc) is 3.05. The van der Waals surface area contributed by atoms with Crippen LogP contribution in [-0.2, 0) is 11.2 Å². The lowest BCUT2D eigenvalue weighted by Gasteiger charge is -2.59. The molecule has 2 fully saturated rings. The number of likely N-dealkylation sites (tertiary alicyclic amines) is 1. The quantitative estimate of drug-likeness (QED) is 0.211. The number of amides is 3.